The van der Waals surface area contributed by atoms with Gasteiger partial charge in [-0.3, -0.25) is 14.3 Å². The van der Waals surface area contributed by atoms with Crippen LogP contribution in [0.1, 0.15) is 6.92 Å². The molecular weight excluding hydrogens is 354 g/mol. The maximum absolute atomic E-state index is 12.9. The van der Waals surface area contributed by atoms with Crippen molar-refractivity contribution in [3.63, 3.8) is 0 Å². The first-order chi connectivity index (χ1) is 13.7. The number of likely N-dealkylation sites (N-methyl/N-ethyl adjacent to an activating group) is 1. The number of aromatic nitrogens is 2. The van der Waals surface area contributed by atoms with Crippen LogP contribution in [0.15, 0.2) is 82.3 Å². The highest BCUT2D eigenvalue weighted by atomic mass is 16.4. The number of nitrogens with zero attached hydrogens (tertiary/aromatic N) is 3. The molecule has 6 heteroatoms. The summed E-state index contributed by atoms with van der Waals surface area (Å²) in [6, 6.07) is 18.7. The van der Waals surface area contributed by atoms with Gasteiger partial charge in [0.15, 0.2) is 5.58 Å². The van der Waals surface area contributed by atoms with Gasteiger partial charge < -0.3 is 9.32 Å². The zero-order valence-corrected chi connectivity index (χ0v) is 15.4. The van der Waals surface area contributed by atoms with Gasteiger partial charge in [0.25, 0.3) is 0 Å². The molecule has 28 heavy (non-hydrogen) atoms. The van der Waals surface area contributed by atoms with Crippen molar-refractivity contribution in [1.29, 1.82) is 0 Å². The molecule has 0 aliphatic carbocycles. The first-order valence-electron chi connectivity index (χ1n) is 9.06. The lowest BCUT2D eigenvalue weighted by Gasteiger charge is -2.21. The van der Waals surface area contributed by atoms with E-state index in [9.17, 15) is 9.59 Å². The summed E-state index contributed by atoms with van der Waals surface area (Å²) in [4.78, 5) is 31.1. The molecule has 1 amide bonds. The fourth-order valence-corrected chi connectivity index (χ4v) is 3.26. The predicted molar refractivity (Wildman–Crippen MR) is 108 cm³/mol. The molecule has 140 valence electrons. The smallest absolute Gasteiger partial charge is 0.408 e. The largest absolute Gasteiger partial charge is 0.420 e. The summed E-state index contributed by atoms with van der Waals surface area (Å²) in [5.41, 5.74) is 3.66. The number of rotatable bonds is 5. The van der Waals surface area contributed by atoms with Gasteiger partial charge in [0.05, 0.1) is 5.52 Å². The van der Waals surface area contributed by atoms with Crippen LogP contribution in [0.3, 0.4) is 0 Å². The summed E-state index contributed by atoms with van der Waals surface area (Å²) in [6.07, 6.45) is 3.46. The number of anilines is 1. The number of pyridine rings is 1. The van der Waals surface area contributed by atoms with E-state index in [1.807, 2.05) is 61.5 Å². The average Bonchev–Trinajstić information content (AvgIpc) is 3.04. The molecule has 2 aromatic carbocycles. The zero-order valence-electron chi connectivity index (χ0n) is 15.4. The molecule has 4 aromatic rings. The molecule has 6 nitrogen and oxygen atoms in total. The molecule has 0 saturated carbocycles. The molecule has 0 fully saturated rings. The van der Waals surface area contributed by atoms with Crippen molar-refractivity contribution in [2.24, 2.45) is 0 Å². The van der Waals surface area contributed by atoms with Crippen LogP contribution in [-0.4, -0.2) is 22.0 Å². The van der Waals surface area contributed by atoms with Gasteiger partial charge in [-0.1, -0.05) is 30.3 Å². The van der Waals surface area contributed by atoms with Crippen LogP contribution in [0.25, 0.3) is 22.2 Å². The van der Waals surface area contributed by atoms with Crippen molar-refractivity contribution in [2.45, 2.75) is 13.5 Å². The minimum Gasteiger partial charge on any atom is -0.408 e. The lowest BCUT2D eigenvalue weighted by Crippen LogP contribution is -2.35. The molecule has 0 spiro atoms. The first-order valence-corrected chi connectivity index (χ1v) is 9.06. The predicted octanol–water partition coefficient (Wildman–Crippen LogP) is 3.71. The number of carbonyl (C=O) groups excluding carboxylic acids is 1. The summed E-state index contributed by atoms with van der Waals surface area (Å²) in [7, 11) is 0. The number of fused-ring (bicyclic) bond motifs is 1. The monoisotopic (exact) mass is 373 g/mol. The number of hydrogen-bond acceptors (Lipinski definition) is 4. The number of benzene rings is 2. The van der Waals surface area contributed by atoms with Crippen molar-refractivity contribution in [3.8, 4) is 11.1 Å². The molecule has 0 bridgehead atoms. The minimum atomic E-state index is -0.546. The number of carbonyl (C=O) groups is 1. The van der Waals surface area contributed by atoms with E-state index >= 15 is 0 Å². The Kier molecular flexibility index (Phi) is 4.76. The number of para-hydroxylation sites is 1. The van der Waals surface area contributed by atoms with Gasteiger partial charge in [0.1, 0.15) is 6.54 Å². The topological polar surface area (TPSA) is 68.3 Å². The van der Waals surface area contributed by atoms with Gasteiger partial charge in [0, 0.05) is 30.2 Å². The van der Waals surface area contributed by atoms with Gasteiger partial charge in [-0.05, 0) is 42.8 Å². The highest BCUT2D eigenvalue weighted by Gasteiger charge is 2.18. The second kappa shape index (κ2) is 7.52. The Balaban J connectivity index is 1.71. The highest BCUT2D eigenvalue weighted by molar-refractivity contribution is 5.94. The standard InChI is InChI=1S/C22H19N3O3/c1-2-24(18-8-4-3-5-9-18)21(26)15-25-19-13-16(17-7-6-12-23-14-17)10-11-20(19)28-22(25)27/h3-14H,2,15H2,1H3. The molecular formula is C22H19N3O3. The van der Waals surface area contributed by atoms with Gasteiger partial charge in [-0.2, -0.15) is 0 Å². The number of hydrogen-bond donors (Lipinski definition) is 0. The van der Waals surface area contributed by atoms with Crippen LogP contribution in [0, 0.1) is 0 Å². The average molecular weight is 373 g/mol. The number of amides is 1. The van der Waals surface area contributed by atoms with Crippen LogP contribution in [0.2, 0.25) is 0 Å². The van der Waals surface area contributed by atoms with Gasteiger partial charge >= 0.3 is 5.76 Å². The van der Waals surface area contributed by atoms with Crippen molar-refractivity contribution in [1.82, 2.24) is 9.55 Å². The molecule has 0 radical (unpaired) electrons. The van der Waals surface area contributed by atoms with Crippen LogP contribution < -0.4 is 10.7 Å². The Labute approximate surface area is 161 Å². The third kappa shape index (κ3) is 3.32. The second-order valence-corrected chi connectivity index (χ2v) is 6.35. The maximum atomic E-state index is 12.9. The van der Waals surface area contributed by atoms with Gasteiger partial charge in [-0.15, -0.1) is 0 Å². The van der Waals surface area contributed by atoms with Crippen molar-refractivity contribution in [2.75, 3.05) is 11.4 Å². The molecule has 0 saturated heterocycles. The Bertz CT molecular complexity index is 1160. The second-order valence-electron chi connectivity index (χ2n) is 6.35. The van der Waals surface area contributed by atoms with Crippen LogP contribution in [0.5, 0.6) is 0 Å². The molecule has 0 N–H and O–H groups in total. The molecule has 4 rings (SSSR count). The Morgan fingerprint density at radius 2 is 1.89 bits per heavy atom. The van der Waals surface area contributed by atoms with Crippen LogP contribution in [-0.2, 0) is 11.3 Å². The van der Waals surface area contributed by atoms with E-state index in [0.717, 1.165) is 16.8 Å². The van der Waals surface area contributed by atoms with E-state index in [1.54, 1.807) is 23.4 Å². The third-order valence-electron chi connectivity index (χ3n) is 4.64. The molecule has 0 aliphatic rings. The van der Waals surface area contributed by atoms with E-state index in [4.69, 9.17) is 4.42 Å². The summed E-state index contributed by atoms with van der Waals surface area (Å²) >= 11 is 0. The highest BCUT2D eigenvalue weighted by Crippen LogP contribution is 2.24. The molecule has 2 aromatic heterocycles. The molecule has 2 heterocycles. The first kappa shape index (κ1) is 17.7. The Morgan fingerprint density at radius 1 is 1.07 bits per heavy atom. The summed E-state index contributed by atoms with van der Waals surface area (Å²) in [6.45, 7) is 2.32. The summed E-state index contributed by atoms with van der Waals surface area (Å²) in [5.74, 6) is -0.721. The van der Waals surface area contributed by atoms with E-state index in [0.29, 0.717) is 17.6 Å². The summed E-state index contributed by atoms with van der Waals surface area (Å²) < 4.78 is 6.71. The Hall–Kier alpha value is -3.67. The van der Waals surface area contributed by atoms with Gasteiger partial charge in [0.2, 0.25) is 5.91 Å². The van der Waals surface area contributed by atoms with Gasteiger partial charge in [-0.25, -0.2) is 4.79 Å². The van der Waals surface area contributed by atoms with Crippen molar-refractivity contribution >= 4 is 22.7 Å². The molecule has 0 unspecified atom stereocenters. The molecule has 0 aliphatic heterocycles. The van der Waals surface area contributed by atoms with E-state index < -0.39 is 5.76 Å². The van der Waals surface area contributed by atoms with Crippen molar-refractivity contribution < 1.29 is 9.21 Å². The SMILES string of the molecule is CCN(C(=O)Cn1c(=O)oc2ccc(-c3cccnc3)cc21)c1ccccc1. The quantitative estimate of drug-likeness (QED) is 0.535. The van der Waals surface area contributed by atoms with Crippen LogP contribution >= 0.6 is 0 Å². The van der Waals surface area contributed by atoms with Crippen LogP contribution in [0.4, 0.5) is 5.69 Å². The van der Waals surface area contributed by atoms with E-state index in [1.165, 1.54) is 4.57 Å². The summed E-state index contributed by atoms with van der Waals surface area (Å²) in [5, 5.41) is 0. The lowest BCUT2D eigenvalue weighted by atomic mass is 10.1. The fraction of sp³-hybridized carbons (Fsp3) is 0.136. The maximum Gasteiger partial charge on any atom is 0.420 e. The fourth-order valence-electron chi connectivity index (χ4n) is 3.26. The zero-order chi connectivity index (χ0) is 19.5. The number of oxazole rings is 1. The van der Waals surface area contributed by atoms with E-state index in [2.05, 4.69) is 4.98 Å². The molecule has 0 atom stereocenters. The Morgan fingerprint density at radius 3 is 2.61 bits per heavy atom. The minimum absolute atomic E-state index is 0.0922. The van der Waals surface area contributed by atoms with E-state index in [-0.39, 0.29) is 12.5 Å². The normalized spacial score (nSPS) is 10.9. The third-order valence-corrected chi connectivity index (χ3v) is 4.64. The lowest BCUT2D eigenvalue weighted by molar-refractivity contribution is -0.119. The van der Waals surface area contributed by atoms with Crippen molar-refractivity contribution in [3.05, 3.63) is 83.6 Å².